The van der Waals surface area contributed by atoms with Gasteiger partial charge in [0.25, 0.3) is 0 Å². The average molecular weight is 254 g/mol. The van der Waals surface area contributed by atoms with Crippen LogP contribution in [0.25, 0.3) is 0 Å². The fourth-order valence-corrected chi connectivity index (χ4v) is 2.61. The molecular formula is C13H22N2OS. The molecule has 1 aromatic rings. The lowest BCUT2D eigenvalue weighted by atomic mass is 10.1. The summed E-state index contributed by atoms with van der Waals surface area (Å²) >= 11 is 1.47. The second-order valence-corrected chi connectivity index (χ2v) is 5.69. The van der Waals surface area contributed by atoms with Crippen LogP contribution in [-0.2, 0) is 0 Å². The van der Waals surface area contributed by atoms with Crippen LogP contribution >= 0.6 is 11.3 Å². The van der Waals surface area contributed by atoms with Crippen LogP contribution in [0, 0.1) is 5.92 Å². The van der Waals surface area contributed by atoms with Crippen LogP contribution < -0.4 is 11.1 Å². The maximum atomic E-state index is 11.6. The number of Topliss-reactive ketones (excluding diaryl/α,β-unsaturated/α-hetero) is 1. The fourth-order valence-electron chi connectivity index (χ4n) is 1.59. The van der Waals surface area contributed by atoms with Crippen LogP contribution in [0.15, 0.2) is 6.07 Å². The molecule has 0 atom stereocenters. The van der Waals surface area contributed by atoms with Crippen molar-refractivity contribution in [3.05, 3.63) is 10.9 Å². The second-order valence-electron chi connectivity index (χ2n) is 4.63. The van der Waals surface area contributed by atoms with Crippen molar-refractivity contribution in [2.24, 2.45) is 5.92 Å². The number of hydrogen-bond acceptors (Lipinski definition) is 4. The molecule has 0 radical (unpaired) electrons. The number of ketones is 1. The third kappa shape index (κ3) is 4.38. The highest BCUT2D eigenvalue weighted by Gasteiger charge is 2.12. The van der Waals surface area contributed by atoms with E-state index >= 15 is 0 Å². The van der Waals surface area contributed by atoms with Crippen molar-refractivity contribution in [2.75, 3.05) is 17.6 Å². The number of carbonyl (C=O) groups excluding carboxylic acids is 1. The average Bonchev–Trinajstić information content (AvgIpc) is 2.65. The maximum absolute atomic E-state index is 11.6. The van der Waals surface area contributed by atoms with Gasteiger partial charge in [-0.1, -0.05) is 20.8 Å². The number of thiophene rings is 1. The van der Waals surface area contributed by atoms with Crippen LogP contribution in [0.4, 0.5) is 10.7 Å². The summed E-state index contributed by atoms with van der Waals surface area (Å²) < 4.78 is 0. The summed E-state index contributed by atoms with van der Waals surface area (Å²) in [5.74, 6) is 0.866. The monoisotopic (exact) mass is 254 g/mol. The van der Waals surface area contributed by atoms with Crippen LogP contribution in [-0.4, -0.2) is 12.3 Å². The molecule has 96 valence electrons. The normalized spacial score (nSPS) is 10.8. The standard InChI is InChI=1S/C13H22N2OS/c1-4-11(16)13-10(14)8-12(17-13)15-7-5-6-9(2)3/h8-9,15H,4-7,14H2,1-3H3. The molecule has 4 heteroatoms. The van der Waals surface area contributed by atoms with Crippen LogP contribution in [0.3, 0.4) is 0 Å². The zero-order valence-corrected chi connectivity index (χ0v) is 11.7. The molecule has 1 rings (SSSR count). The number of nitrogens with two attached hydrogens (primary N) is 1. The molecule has 0 amide bonds. The van der Waals surface area contributed by atoms with Gasteiger partial charge in [0, 0.05) is 13.0 Å². The highest BCUT2D eigenvalue weighted by molar-refractivity contribution is 7.18. The Kier molecular flexibility index (Phi) is 5.48. The van der Waals surface area contributed by atoms with E-state index in [0.717, 1.165) is 23.9 Å². The van der Waals surface area contributed by atoms with Gasteiger partial charge in [0.15, 0.2) is 5.78 Å². The van der Waals surface area contributed by atoms with Crippen LogP contribution in [0.2, 0.25) is 0 Å². The Hall–Kier alpha value is -1.03. The third-order valence-electron chi connectivity index (χ3n) is 2.59. The molecule has 0 bridgehead atoms. The summed E-state index contributed by atoms with van der Waals surface area (Å²) in [6.07, 6.45) is 2.87. The van der Waals surface area contributed by atoms with Gasteiger partial charge in [0.05, 0.1) is 15.6 Å². The van der Waals surface area contributed by atoms with E-state index in [1.54, 1.807) is 0 Å². The highest BCUT2D eigenvalue weighted by Crippen LogP contribution is 2.30. The summed E-state index contributed by atoms with van der Waals surface area (Å²) in [6, 6.07) is 1.86. The predicted molar refractivity (Wildman–Crippen MR) is 75.9 cm³/mol. The van der Waals surface area contributed by atoms with E-state index in [1.165, 1.54) is 17.8 Å². The molecule has 0 aliphatic heterocycles. The van der Waals surface area contributed by atoms with E-state index in [2.05, 4.69) is 19.2 Å². The molecule has 1 aromatic heterocycles. The minimum Gasteiger partial charge on any atom is -0.397 e. The quantitative estimate of drug-likeness (QED) is 0.575. The van der Waals surface area contributed by atoms with Gasteiger partial charge in [0.1, 0.15) is 0 Å². The minimum atomic E-state index is 0.128. The minimum absolute atomic E-state index is 0.128. The second kappa shape index (κ2) is 6.64. The Bertz CT molecular complexity index is 371. The Morgan fingerprint density at radius 1 is 1.53 bits per heavy atom. The molecule has 0 fully saturated rings. The lowest BCUT2D eigenvalue weighted by Crippen LogP contribution is -2.01. The molecule has 0 saturated carbocycles. The van der Waals surface area contributed by atoms with Gasteiger partial charge in [-0.05, 0) is 24.8 Å². The number of rotatable bonds is 7. The van der Waals surface area contributed by atoms with E-state index in [1.807, 2.05) is 13.0 Å². The molecule has 0 aliphatic carbocycles. The third-order valence-corrected chi connectivity index (χ3v) is 3.74. The SMILES string of the molecule is CCC(=O)c1sc(NCCCC(C)C)cc1N. The van der Waals surface area contributed by atoms with Gasteiger partial charge in [0.2, 0.25) is 0 Å². The number of anilines is 2. The van der Waals surface area contributed by atoms with E-state index in [4.69, 9.17) is 5.73 Å². The smallest absolute Gasteiger partial charge is 0.174 e. The molecule has 3 N–H and O–H groups in total. The molecule has 0 saturated heterocycles. The zero-order chi connectivity index (χ0) is 12.8. The maximum Gasteiger partial charge on any atom is 0.174 e. The first kappa shape index (κ1) is 14.0. The topological polar surface area (TPSA) is 55.1 Å². The molecule has 0 aliphatic rings. The zero-order valence-electron chi connectivity index (χ0n) is 10.9. The van der Waals surface area contributed by atoms with Crippen molar-refractivity contribution in [1.82, 2.24) is 0 Å². The van der Waals surface area contributed by atoms with Crippen molar-refractivity contribution in [2.45, 2.75) is 40.0 Å². The summed E-state index contributed by atoms with van der Waals surface area (Å²) in [4.78, 5) is 12.3. The number of nitrogen functional groups attached to an aromatic ring is 1. The Labute approximate surface area is 107 Å². The van der Waals surface area contributed by atoms with Gasteiger partial charge >= 0.3 is 0 Å². The van der Waals surface area contributed by atoms with Gasteiger partial charge in [-0.2, -0.15) is 0 Å². The lowest BCUT2D eigenvalue weighted by Gasteiger charge is -2.05. The molecule has 3 nitrogen and oxygen atoms in total. The fraction of sp³-hybridized carbons (Fsp3) is 0.615. The predicted octanol–water partition coefficient (Wildman–Crippen LogP) is 3.77. The summed E-state index contributed by atoms with van der Waals surface area (Å²) in [5, 5.41) is 4.33. The van der Waals surface area contributed by atoms with Gasteiger partial charge in [-0.25, -0.2) is 0 Å². The van der Waals surface area contributed by atoms with Crippen molar-refractivity contribution in [1.29, 1.82) is 0 Å². The molecule has 0 spiro atoms. The van der Waals surface area contributed by atoms with Gasteiger partial charge < -0.3 is 11.1 Å². The van der Waals surface area contributed by atoms with E-state index in [9.17, 15) is 4.79 Å². The van der Waals surface area contributed by atoms with Gasteiger partial charge in [-0.15, -0.1) is 11.3 Å². The van der Waals surface area contributed by atoms with Crippen LogP contribution in [0.1, 0.15) is 49.7 Å². The molecule has 17 heavy (non-hydrogen) atoms. The molecular weight excluding hydrogens is 232 g/mol. The highest BCUT2D eigenvalue weighted by atomic mass is 32.1. The van der Waals surface area contributed by atoms with Crippen molar-refractivity contribution >= 4 is 27.8 Å². The van der Waals surface area contributed by atoms with Gasteiger partial charge in [-0.3, -0.25) is 4.79 Å². The van der Waals surface area contributed by atoms with Crippen molar-refractivity contribution < 1.29 is 4.79 Å². The lowest BCUT2D eigenvalue weighted by molar-refractivity contribution is 0.0993. The Balaban J connectivity index is 2.47. The molecule has 0 aromatic carbocycles. The Morgan fingerprint density at radius 3 is 2.82 bits per heavy atom. The summed E-state index contributed by atoms with van der Waals surface area (Å²) in [6.45, 7) is 7.25. The van der Waals surface area contributed by atoms with Crippen molar-refractivity contribution in [3.8, 4) is 0 Å². The number of nitrogens with one attached hydrogen (secondary N) is 1. The van der Waals surface area contributed by atoms with Crippen molar-refractivity contribution in [3.63, 3.8) is 0 Å². The van der Waals surface area contributed by atoms with E-state index < -0.39 is 0 Å². The number of carbonyl (C=O) groups is 1. The molecule has 1 heterocycles. The van der Waals surface area contributed by atoms with Crippen LogP contribution in [0.5, 0.6) is 0 Å². The van der Waals surface area contributed by atoms with E-state index in [0.29, 0.717) is 17.0 Å². The molecule has 0 unspecified atom stereocenters. The van der Waals surface area contributed by atoms with E-state index in [-0.39, 0.29) is 5.78 Å². The first-order valence-electron chi connectivity index (χ1n) is 6.21. The summed E-state index contributed by atoms with van der Waals surface area (Å²) in [7, 11) is 0. The Morgan fingerprint density at radius 2 is 2.24 bits per heavy atom. The largest absolute Gasteiger partial charge is 0.397 e. The number of hydrogen-bond donors (Lipinski definition) is 2. The first-order valence-corrected chi connectivity index (χ1v) is 7.02. The summed E-state index contributed by atoms with van der Waals surface area (Å²) in [5.41, 5.74) is 6.42. The first-order chi connectivity index (χ1) is 8.04.